The number of nitrogens with one attached hydrogen (secondary N) is 1. The van der Waals surface area contributed by atoms with Crippen LogP contribution in [0.4, 0.5) is 5.69 Å². The predicted molar refractivity (Wildman–Crippen MR) is 132 cm³/mol. The van der Waals surface area contributed by atoms with Gasteiger partial charge in [0.05, 0.1) is 0 Å². The summed E-state index contributed by atoms with van der Waals surface area (Å²) in [6, 6.07) is 18.1. The minimum atomic E-state index is -0.0500. The maximum absolute atomic E-state index is 13.4. The monoisotopic (exact) mass is 442 g/mol. The zero-order valence-corrected chi connectivity index (χ0v) is 19.7. The molecule has 0 heterocycles. The summed E-state index contributed by atoms with van der Waals surface area (Å²) in [6.07, 6.45) is 10.3. The van der Waals surface area contributed by atoms with Gasteiger partial charge in [-0.2, -0.15) is 0 Å². The number of carbonyl (C=O) groups excluding carboxylic acids is 2. The van der Waals surface area contributed by atoms with Crippen molar-refractivity contribution in [2.45, 2.75) is 43.9 Å². The maximum atomic E-state index is 13.4. The van der Waals surface area contributed by atoms with Crippen molar-refractivity contribution in [3.63, 3.8) is 0 Å². The number of hydrogen-bond donors (Lipinski definition) is 1. The van der Waals surface area contributed by atoms with Gasteiger partial charge in [0.25, 0.3) is 0 Å². The Hall–Kier alpha value is -2.88. The third-order valence-electron chi connectivity index (χ3n) is 8.34. The molecule has 1 N–H and O–H groups in total. The number of nitrogens with zero attached hydrogens (tertiary/aromatic N) is 1. The molecular weight excluding hydrogens is 408 g/mol. The van der Waals surface area contributed by atoms with Gasteiger partial charge in [-0.25, -0.2) is 0 Å². The minimum Gasteiger partial charge on any atom is -0.383 e. The first kappa shape index (κ1) is 21.9. The van der Waals surface area contributed by atoms with Crippen LogP contribution in [0.3, 0.4) is 0 Å². The average molecular weight is 443 g/mol. The summed E-state index contributed by atoms with van der Waals surface area (Å²) in [6.45, 7) is 0. The number of allylic oxidation sites excluding steroid dienone is 1. The molecule has 1 amide bonds. The van der Waals surface area contributed by atoms with Crippen LogP contribution in [-0.4, -0.2) is 30.7 Å². The summed E-state index contributed by atoms with van der Waals surface area (Å²) in [5.41, 5.74) is 2.67. The van der Waals surface area contributed by atoms with Gasteiger partial charge in [-0.3, -0.25) is 9.59 Å². The van der Waals surface area contributed by atoms with E-state index in [-0.39, 0.29) is 17.1 Å². The van der Waals surface area contributed by atoms with Crippen molar-refractivity contribution in [2.24, 2.45) is 23.7 Å². The van der Waals surface area contributed by atoms with Gasteiger partial charge < -0.3 is 10.2 Å². The fourth-order valence-corrected chi connectivity index (χ4v) is 7.14. The molecule has 4 nitrogen and oxygen atoms in total. The molecule has 2 aromatic carbocycles. The Labute approximate surface area is 197 Å². The van der Waals surface area contributed by atoms with Crippen LogP contribution in [0.15, 0.2) is 66.9 Å². The molecule has 2 aromatic rings. The summed E-state index contributed by atoms with van der Waals surface area (Å²) in [4.78, 5) is 27.5. The van der Waals surface area contributed by atoms with E-state index in [1.807, 2.05) is 31.1 Å². The molecular formula is C29H34N2O2. The second-order valence-electron chi connectivity index (χ2n) is 10.7. The van der Waals surface area contributed by atoms with Gasteiger partial charge in [0.15, 0.2) is 5.78 Å². The lowest BCUT2D eigenvalue weighted by atomic mass is 9.43. The lowest BCUT2D eigenvalue weighted by molar-refractivity contribution is -0.124. The highest BCUT2D eigenvalue weighted by Gasteiger charge is 2.58. The van der Waals surface area contributed by atoms with Crippen LogP contribution in [0.5, 0.6) is 0 Å². The number of ketones is 1. The van der Waals surface area contributed by atoms with Crippen LogP contribution in [0.25, 0.3) is 0 Å². The van der Waals surface area contributed by atoms with Gasteiger partial charge in [0, 0.05) is 49.5 Å². The minimum absolute atomic E-state index is 0.0433. The van der Waals surface area contributed by atoms with Crippen LogP contribution < -0.4 is 5.32 Å². The van der Waals surface area contributed by atoms with Crippen LogP contribution in [0, 0.1) is 23.7 Å². The molecule has 6 rings (SSSR count). The number of rotatable bonds is 7. The summed E-state index contributed by atoms with van der Waals surface area (Å²) in [5.74, 6) is 2.96. The average Bonchev–Trinajstić information content (AvgIpc) is 2.80. The van der Waals surface area contributed by atoms with E-state index in [0.717, 1.165) is 17.5 Å². The summed E-state index contributed by atoms with van der Waals surface area (Å²) in [7, 11) is 3.77. The van der Waals surface area contributed by atoms with Crippen LogP contribution in [-0.2, 0) is 10.2 Å². The standard InChI is InChI=1S/C29H34N2O2/c1-31(2)13-12-27(32)22-8-10-26(11-9-22)30-28(33)19-29(23-6-4-3-5-7-23)24-15-20-14-21(17-24)18-25(29)16-20/h3-13,20-21,24-25H,14-19H2,1-2H3,(H,30,33)/b13-12+. The number of hydrogen-bond acceptors (Lipinski definition) is 3. The smallest absolute Gasteiger partial charge is 0.225 e. The van der Waals surface area contributed by atoms with E-state index in [0.29, 0.717) is 23.8 Å². The second kappa shape index (κ2) is 8.81. The first-order chi connectivity index (χ1) is 15.9. The molecule has 0 saturated heterocycles. The third kappa shape index (κ3) is 4.23. The third-order valence-corrected chi connectivity index (χ3v) is 8.34. The van der Waals surface area contributed by atoms with E-state index in [2.05, 4.69) is 35.6 Å². The topological polar surface area (TPSA) is 49.4 Å². The van der Waals surface area contributed by atoms with Gasteiger partial charge >= 0.3 is 0 Å². The van der Waals surface area contributed by atoms with Crippen molar-refractivity contribution < 1.29 is 9.59 Å². The molecule has 4 fully saturated rings. The van der Waals surface area contributed by atoms with E-state index >= 15 is 0 Å². The molecule has 4 saturated carbocycles. The Balaban J connectivity index is 1.34. The number of anilines is 1. The zero-order valence-electron chi connectivity index (χ0n) is 19.7. The zero-order chi connectivity index (χ0) is 23.0. The fraction of sp³-hybridized carbons (Fsp3) is 0.448. The first-order valence-electron chi connectivity index (χ1n) is 12.3. The molecule has 4 aliphatic carbocycles. The van der Waals surface area contributed by atoms with E-state index in [1.54, 1.807) is 24.4 Å². The maximum Gasteiger partial charge on any atom is 0.225 e. The van der Waals surface area contributed by atoms with E-state index in [9.17, 15) is 9.59 Å². The number of benzene rings is 2. The Bertz CT molecular complexity index is 1010. The van der Waals surface area contributed by atoms with Crippen molar-refractivity contribution >= 4 is 17.4 Å². The molecule has 0 aromatic heterocycles. The van der Waals surface area contributed by atoms with Crippen LogP contribution in [0.2, 0.25) is 0 Å². The molecule has 0 radical (unpaired) electrons. The van der Waals surface area contributed by atoms with Crippen molar-refractivity contribution in [1.82, 2.24) is 4.90 Å². The number of amides is 1. The molecule has 33 heavy (non-hydrogen) atoms. The van der Waals surface area contributed by atoms with Gasteiger partial charge in [-0.1, -0.05) is 30.3 Å². The van der Waals surface area contributed by atoms with Gasteiger partial charge in [0.2, 0.25) is 5.91 Å². The highest BCUT2D eigenvalue weighted by Crippen LogP contribution is 2.64. The van der Waals surface area contributed by atoms with E-state index in [4.69, 9.17) is 0 Å². The summed E-state index contributed by atoms with van der Waals surface area (Å²) in [5, 5.41) is 3.14. The second-order valence-corrected chi connectivity index (χ2v) is 10.7. The van der Waals surface area contributed by atoms with Gasteiger partial charge in [-0.05, 0) is 85.6 Å². The van der Waals surface area contributed by atoms with Crippen molar-refractivity contribution in [3.05, 3.63) is 78.0 Å². The SMILES string of the molecule is CN(C)/C=C/C(=O)c1ccc(NC(=O)CC2(c3ccccc3)C3CC4CC(C3)CC2C4)cc1. The Morgan fingerprint density at radius 2 is 1.52 bits per heavy atom. The van der Waals surface area contributed by atoms with Gasteiger partial charge in [-0.15, -0.1) is 0 Å². The Morgan fingerprint density at radius 3 is 2.09 bits per heavy atom. The van der Waals surface area contributed by atoms with Crippen molar-refractivity contribution in [3.8, 4) is 0 Å². The summed E-state index contributed by atoms with van der Waals surface area (Å²) < 4.78 is 0. The van der Waals surface area contributed by atoms with Gasteiger partial charge in [0.1, 0.15) is 0 Å². The molecule has 0 atom stereocenters. The lowest BCUT2D eigenvalue weighted by Crippen LogP contribution is -2.56. The number of carbonyl (C=O) groups is 2. The molecule has 172 valence electrons. The quantitative estimate of drug-likeness (QED) is 0.444. The van der Waals surface area contributed by atoms with Crippen molar-refractivity contribution in [1.29, 1.82) is 0 Å². The molecule has 4 heteroatoms. The first-order valence-corrected chi connectivity index (χ1v) is 12.3. The molecule has 4 bridgehead atoms. The predicted octanol–water partition coefficient (Wildman–Crippen LogP) is 5.67. The molecule has 0 unspecified atom stereocenters. The highest BCUT2D eigenvalue weighted by molar-refractivity contribution is 6.04. The van der Waals surface area contributed by atoms with E-state index in [1.165, 1.54) is 37.7 Å². The van der Waals surface area contributed by atoms with E-state index < -0.39 is 0 Å². The molecule has 4 aliphatic rings. The molecule has 0 spiro atoms. The Kier molecular flexibility index (Phi) is 5.86. The van der Waals surface area contributed by atoms with Crippen LogP contribution >= 0.6 is 0 Å². The highest BCUT2D eigenvalue weighted by atomic mass is 16.1. The Morgan fingerprint density at radius 1 is 0.909 bits per heavy atom. The molecule has 0 aliphatic heterocycles. The normalized spacial score (nSPS) is 29.9. The van der Waals surface area contributed by atoms with Crippen molar-refractivity contribution in [2.75, 3.05) is 19.4 Å². The largest absolute Gasteiger partial charge is 0.383 e. The lowest BCUT2D eigenvalue weighted by Gasteiger charge is -2.61. The fourth-order valence-electron chi connectivity index (χ4n) is 7.14. The van der Waals surface area contributed by atoms with Crippen LogP contribution in [0.1, 0.15) is 54.4 Å². The summed E-state index contributed by atoms with van der Waals surface area (Å²) >= 11 is 0.